The molecule has 0 aromatic carbocycles. The normalized spacial score (nSPS) is 26.0. The average Bonchev–Trinajstić information content (AvgIpc) is 1.64. The van der Waals surface area contributed by atoms with Gasteiger partial charge in [0.1, 0.15) is 0 Å². The van der Waals surface area contributed by atoms with Crippen molar-refractivity contribution >= 4 is 0 Å². The first-order chi connectivity index (χ1) is 3.81. The second-order valence-electron chi connectivity index (χ2n) is 0.780. The molecule has 0 amide bonds. The van der Waals surface area contributed by atoms with Crippen molar-refractivity contribution in [3.63, 3.8) is 0 Å². The van der Waals surface area contributed by atoms with Crippen molar-refractivity contribution in [2.45, 2.75) is 33.0 Å². The standard InChI is InChI=1S/C5H12/c1-3-5-4-2/h3-5H2,1-2H3/i3D2,5D2. The molecule has 32 valence electrons. The Morgan fingerprint density at radius 2 is 2.20 bits per heavy atom. The monoisotopic (exact) mass is 76.1 g/mol. The van der Waals surface area contributed by atoms with Crippen LogP contribution in [0.4, 0.5) is 0 Å². The second kappa shape index (κ2) is 4.00. The maximum Gasteiger partial charge on any atom is 0.0266 e. The third-order valence-corrected chi connectivity index (χ3v) is 0.354. The van der Waals surface area contributed by atoms with Crippen molar-refractivity contribution in [1.29, 1.82) is 0 Å². The summed E-state index contributed by atoms with van der Waals surface area (Å²) >= 11 is 0. The summed E-state index contributed by atoms with van der Waals surface area (Å²) in [5.74, 6) is 0. The first-order valence-electron chi connectivity index (χ1n) is 3.81. The third-order valence-electron chi connectivity index (χ3n) is 0.354. The van der Waals surface area contributed by atoms with E-state index >= 15 is 0 Å². The summed E-state index contributed by atoms with van der Waals surface area (Å²) in [7, 11) is 0. The van der Waals surface area contributed by atoms with Crippen LogP contribution in [0, 0.1) is 0 Å². The van der Waals surface area contributed by atoms with Gasteiger partial charge in [0.25, 0.3) is 0 Å². The molecular formula is C5H12. The Kier molecular flexibility index (Phi) is 1.00. The highest BCUT2D eigenvalue weighted by Crippen LogP contribution is 1.88. The van der Waals surface area contributed by atoms with Gasteiger partial charge >= 0.3 is 0 Å². The van der Waals surface area contributed by atoms with Gasteiger partial charge in [-0.15, -0.1) is 0 Å². The molecule has 0 aromatic heterocycles. The van der Waals surface area contributed by atoms with E-state index in [1.807, 2.05) is 0 Å². The molecule has 0 rings (SSSR count). The van der Waals surface area contributed by atoms with Crippen molar-refractivity contribution in [1.82, 2.24) is 0 Å². The zero-order valence-corrected chi connectivity index (χ0v) is 3.71. The van der Waals surface area contributed by atoms with Crippen LogP contribution in [0.3, 0.4) is 0 Å². The van der Waals surface area contributed by atoms with Gasteiger partial charge in [0.2, 0.25) is 0 Å². The minimum absolute atomic E-state index is 0.219. The summed E-state index contributed by atoms with van der Waals surface area (Å²) in [6.45, 7) is 2.90. The van der Waals surface area contributed by atoms with E-state index in [4.69, 9.17) is 5.48 Å². The van der Waals surface area contributed by atoms with Crippen molar-refractivity contribution in [2.75, 3.05) is 0 Å². The van der Waals surface area contributed by atoms with Crippen LogP contribution in [-0.2, 0) is 0 Å². The lowest BCUT2D eigenvalue weighted by atomic mass is 10.3. The molecule has 0 unspecified atom stereocenters. The van der Waals surface area contributed by atoms with Gasteiger partial charge in [0.05, 0.1) is 0 Å². The Labute approximate surface area is 39.8 Å². The lowest BCUT2D eigenvalue weighted by Crippen LogP contribution is -1.59. The van der Waals surface area contributed by atoms with Crippen LogP contribution in [-0.4, -0.2) is 0 Å². The smallest absolute Gasteiger partial charge is 0.0266 e. The van der Waals surface area contributed by atoms with Crippen LogP contribution >= 0.6 is 0 Å². The van der Waals surface area contributed by atoms with Crippen molar-refractivity contribution in [3.05, 3.63) is 0 Å². The van der Waals surface area contributed by atoms with Crippen LogP contribution in [0.15, 0.2) is 0 Å². The summed E-state index contributed by atoms with van der Waals surface area (Å²) in [5.41, 5.74) is 0. The zero-order chi connectivity index (χ0) is 7.71. The topological polar surface area (TPSA) is 0 Å². The molecule has 0 aromatic rings. The van der Waals surface area contributed by atoms with Gasteiger partial charge in [-0.25, -0.2) is 0 Å². The highest BCUT2D eigenvalue weighted by Gasteiger charge is 1.68. The SMILES string of the molecule is [2H]C([2H])(C)C([2H])([2H])CC. The molecule has 0 heteroatoms. The van der Waals surface area contributed by atoms with Crippen LogP contribution in [0.5, 0.6) is 0 Å². The van der Waals surface area contributed by atoms with Crippen LogP contribution in [0.25, 0.3) is 0 Å². The van der Waals surface area contributed by atoms with E-state index in [1.165, 1.54) is 6.92 Å². The van der Waals surface area contributed by atoms with Crippen molar-refractivity contribution in [2.24, 2.45) is 0 Å². The Morgan fingerprint density at radius 3 is 2.20 bits per heavy atom. The molecule has 0 aliphatic carbocycles. The quantitative estimate of drug-likeness (QED) is 0.473. The van der Waals surface area contributed by atoms with E-state index in [0.29, 0.717) is 0 Å². The fourth-order valence-corrected chi connectivity index (χ4v) is 0.177. The minimum Gasteiger partial charge on any atom is -0.0654 e. The Hall–Kier alpha value is 0. The maximum atomic E-state index is 7.12. The minimum atomic E-state index is -1.72. The molecule has 0 spiro atoms. The van der Waals surface area contributed by atoms with Crippen LogP contribution in [0.2, 0.25) is 0 Å². The Morgan fingerprint density at radius 1 is 1.60 bits per heavy atom. The van der Waals surface area contributed by atoms with Gasteiger partial charge in [0, 0.05) is 5.48 Å². The molecule has 0 N–H and O–H groups in total. The van der Waals surface area contributed by atoms with E-state index in [2.05, 4.69) is 0 Å². The van der Waals surface area contributed by atoms with E-state index in [-0.39, 0.29) is 6.42 Å². The van der Waals surface area contributed by atoms with E-state index < -0.39 is 12.7 Å². The Bertz CT molecular complexity index is 91.6. The molecule has 0 aliphatic heterocycles. The second-order valence-corrected chi connectivity index (χ2v) is 0.780. The maximum absolute atomic E-state index is 7.12. The van der Waals surface area contributed by atoms with E-state index in [0.717, 1.165) is 0 Å². The summed E-state index contributed by atoms with van der Waals surface area (Å²) in [4.78, 5) is 0. The summed E-state index contributed by atoms with van der Waals surface area (Å²) in [6.07, 6.45) is -3.19. The molecular weight excluding hydrogens is 60.1 g/mol. The molecule has 0 fully saturated rings. The van der Waals surface area contributed by atoms with Crippen molar-refractivity contribution < 1.29 is 5.48 Å². The molecule has 0 bridgehead atoms. The highest BCUT2D eigenvalue weighted by molar-refractivity contribution is 4.24. The van der Waals surface area contributed by atoms with Gasteiger partial charge in [-0.3, -0.25) is 0 Å². The summed E-state index contributed by atoms with van der Waals surface area (Å²) in [5, 5.41) is 0. The molecule has 0 nitrogen and oxygen atoms in total. The zero-order valence-electron chi connectivity index (χ0n) is 7.71. The van der Waals surface area contributed by atoms with E-state index in [1.54, 1.807) is 6.92 Å². The fraction of sp³-hybridized carbons (Fsp3) is 1.00. The fourth-order valence-electron chi connectivity index (χ4n) is 0.177. The third kappa shape index (κ3) is 4.00. The lowest BCUT2D eigenvalue weighted by molar-refractivity contribution is 0.772. The number of rotatable bonds is 2. The largest absolute Gasteiger partial charge is 0.0654 e. The van der Waals surface area contributed by atoms with Crippen molar-refractivity contribution in [3.8, 4) is 0 Å². The molecule has 0 saturated heterocycles. The van der Waals surface area contributed by atoms with Gasteiger partial charge in [-0.05, 0) is 0 Å². The summed E-state index contributed by atoms with van der Waals surface area (Å²) in [6, 6.07) is 0. The van der Waals surface area contributed by atoms with Gasteiger partial charge in [0.15, 0.2) is 0 Å². The first-order valence-corrected chi connectivity index (χ1v) is 1.81. The summed E-state index contributed by atoms with van der Waals surface area (Å²) < 4.78 is 28.3. The molecule has 0 heterocycles. The molecule has 0 atom stereocenters. The highest BCUT2D eigenvalue weighted by atomic mass is 13.7. The van der Waals surface area contributed by atoms with E-state index in [9.17, 15) is 0 Å². The number of hydrogen-bond acceptors (Lipinski definition) is 0. The predicted molar refractivity (Wildman–Crippen MR) is 25.2 cm³/mol. The molecule has 5 heavy (non-hydrogen) atoms. The molecule has 0 aliphatic rings. The van der Waals surface area contributed by atoms with Crippen LogP contribution < -0.4 is 0 Å². The first kappa shape index (κ1) is 1.25. The average molecular weight is 76.2 g/mol. The van der Waals surface area contributed by atoms with Crippen LogP contribution in [0.1, 0.15) is 38.5 Å². The van der Waals surface area contributed by atoms with Gasteiger partial charge in [-0.1, -0.05) is 33.0 Å². The Balaban J connectivity index is 4.14. The number of hydrogen-bond donors (Lipinski definition) is 0. The van der Waals surface area contributed by atoms with Gasteiger partial charge < -0.3 is 0 Å². The molecule has 0 saturated carbocycles. The lowest BCUT2D eigenvalue weighted by Gasteiger charge is -1.79. The van der Waals surface area contributed by atoms with Gasteiger partial charge in [-0.2, -0.15) is 0 Å². The predicted octanol–water partition coefficient (Wildman–Crippen LogP) is 2.20. The molecule has 0 radical (unpaired) electrons.